The van der Waals surface area contributed by atoms with Crippen LogP contribution >= 0.6 is 36.0 Å². The first-order valence-corrected chi connectivity index (χ1v) is 19.8. The average Bonchev–Trinajstić information content (AvgIpc) is 3.29. The fourth-order valence-electron chi connectivity index (χ4n) is 8.17. The zero-order valence-electron chi connectivity index (χ0n) is 31.6. The van der Waals surface area contributed by atoms with E-state index in [0.717, 1.165) is 62.8 Å². The first kappa shape index (κ1) is 42.4. The molecule has 0 spiro atoms. The van der Waals surface area contributed by atoms with Gasteiger partial charge in [0.2, 0.25) is 17.7 Å². The molecule has 2 aromatic carbocycles. The lowest BCUT2D eigenvalue weighted by molar-refractivity contribution is -0.134. The number of halogens is 2. The number of nitrogens with zero attached hydrogens (tertiary/aromatic N) is 5. The number of piperazine rings is 1. The summed E-state index contributed by atoms with van der Waals surface area (Å²) in [6, 6.07) is 14.1. The zero-order chi connectivity index (χ0) is 38.7. The van der Waals surface area contributed by atoms with Gasteiger partial charge in [-0.2, -0.15) is 9.57 Å². The number of urea groups is 1. The molecule has 3 heterocycles. The van der Waals surface area contributed by atoms with Crippen LogP contribution in [0.1, 0.15) is 83.3 Å². The number of carbonyl (C=O) groups is 5. The Morgan fingerprint density at radius 1 is 1.02 bits per heavy atom. The molecule has 2 N–H and O–H groups in total. The van der Waals surface area contributed by atoms with Crippen molar-refractivity contribution < 1.29 is 28.7 Å². The highest BCUT2D eigenvalue weighted by molar-refractivity contribution is 7.98. The van der Waals surface area contributed by atoms with Gasteiger partial charge in [-0.25, -0.2) is 4.79 Å². The van der Waals surface area contributed by atoms with E-state index in [1.165, 1.54) is 4.31 Å². The Hall–Kier alpha value is -3.71. The van der Waals surface area contributed by atoms with Gasteiger partial charge in [-0.15, -0.1) is 12.4 Å². The fraction of sp³-hybridized carbons (Fsp3) is 0.538. The summed E-state index contributed by atoms with van der Waals surface area (Å²) < 4.78 is 7.54. The third-order valence-electron chi connectivity index (χ3n) is 11.1. The van der Waals surface area contributed by atoms with Gasteiger partial charge in [0.25, 0.3) is 5.91 Å². The SMILES string of the molecule is C[C@@H]1CN(CCOC2CCC(N3C(=O)N(Sc4ccc(C#N)c(Cl)c4)C(=O)C3(C)C)CC2)C[C@H](C)N1CC(=O)Nc1ccc(C2CCC(=O)NC2=O)cc1.Cl. The number of piperidine rings is 1. The highest BCUT2D eigenvalue weighted by Crippen LogP contribution is 2.41. The summed E-state index contributed by atoms with van der Waals surface area (Å²) in [7, 11) is 0. The molecule has 3 saturated heterocycles. The average molecular weight is 815 g/mol. The van der Waals surface area contributed by atoms with Crippen molar-refractivity contribution in [2.45, 2.75) is 107 Å². The predicted molar refractivity (Wildman–Crippen MR) is 212 cm³/mol. The van der Waals surface area contributed by atoms with Crippen LogP contribution in [0.2, 0.25) is 5.02 Å². The first-order valence-electron chi connectivity index (χ1n) is 18.6. The van der Waals surface area contributed by atoms with Crippen molar-refractivity contribution in [2.24, 2.45) is 0 Å². The van der Waals surface area contributed by atoms with Crippen LogP contribution < -0.4 is 10.6 Å². The summed E-state index contributed by atoms with van der Waals surface area (Å²) in [5.41, 5.74) is 0.835. The van der Waals surface area contributed by atoms with Crippen molar-refractivity contribution in [2.75, 3.05) is 38.1 Å². The second-order valence-corrected chi connectivity index (χ2v) is 16.7. The van der Waals surface area contributed by atoms with Crippen LogP contribution in [0.15, 0.2) is 47.4 Å². The smallest absolute Gasteiger partial charge is 0.338 e. The second kappa shape index (κ2) is 18.0. The minimum Gasteiger partial charge on any atom is -0.377 e. The minimum atomic E-state index is -0.986. The van der Waals surface area contributed by atoms with E-state index in [4.69, 9.17) is 16.3 Å². The maximum absolute atomic E-state index is 13.6. The number of ether oxygens (including phenoxy) is 1. The molecule has 4 aliphatic rings. The lowest BCUT2D eigenvalue weighted by Gasteiger charge is -2.44. The fourth-order valence-corrected chi connectivity index (χ4v) is 9.44. The monoisotopic (exact) mass is 813 g/mol. The van der Waals surface area contributed by atoms with Crippen molar-refractivity contribution in [1.29, 1.82) is 5.26 Å². The molecule has 16 heteroatoms. The molecule has 6 rings (SSSR count). The van der Waals surface area contributed by atoms with E-state index >= 15 is 0 Å². The standard InChI is InChI=1S/C39H48ClN7O6S.ClH/c1-24-21-44(22-25(2)45(24)23-35(49)42-28-8-5-26(6-9-28)32-15-16-34(48)43-36(32)50)17-18-53-30-12-10-29(11-13-30)46-38(52)47(37(51)39(46,3)4)54-31-14-7-27(20-41)33(40)19-31;/h5-9,14,19,24-25,29-30,32H,10-13,15-18,21-23H2,1-4H3,(H,42,49)(H,43,48,50);1H/t24-,25+,29?,30?,32?;. The number of hydrogen-bond donors (Lipinski definition) is 2. The highest BCUT2D eigenvalue weighted by Gasteiger charge is 2.54. The van der Waals surface area contributed by atoms with E-state index in [-0.39, 0.29) is 83.8 Å². The maximum atomic E-state index is 13.6. The molecule has 6 amide bonds. The molecule has 4 fully saturated rings. The van der Waals surface area contributed by atoms with Crippen LogP contribution in [0.5, 0.6) is 0 Å². The van der Waals surface area contributed by atoms with Crippen molar-refractivity contribution in [3.63, 3.8) is 0 Å². The molecule has 0 radical (unpaired) electrons. The lowest BCUT2D eigenvalue weighted by atomic mass is 9.89. The van der Waals surface area contributed by atoms with Crippen LogP contribution in [0, 0.1) is 11.3 Å². The number of hydrogen-bond acceptors (Lipinski definition) is 10. The van der Waals surface area contributed by atoms with Crippen LogP contribution in [0.25, 0.3) is 0 Å². The van der Waals surface area contributed by atoms with Crippen LogP contribution in [0.4, 0.5) is 10.5 Å². The molecule has 1 aliphatic carbocycles. The van der Waals surface area contributed by atoms with Gasteiger partial charge in [0.1, 0.15) is 11.6 Å². The maximum Gasteiger partial charge on any atom is 0.338 e. The third kappa shape index (κ3) is 9.64. The van der Waals surface area contributed by atoms with E-state index in [0.29, 0.717) is 35.6 Å². The molecule has 2 aromatic rings. The van der Waals surface area contributed by atoms with Gasteiger partial charge < -0.3 is 15.0 Å². The Bertz CT molecular complexity index is 1800. The Morgan fingerprint density at radius 2 is 1.69 bits per heavy atom. The van der Waals surface area contributed by atoms with Crippen LogP contribution in [-0.2, 0) is 23.9 Å². The van der Waals surface area contributed by atoms with Gasteiger partial charge in [-0.1, -0.05) is 23.7 Å². The van der Waals surface area contributed by atoms with Gasteiger partial charge in [0.05, 0.1) is 35.8 Å². The van der Waals surface area contributed by atoms with Crippen molar-refractivity contribution in [1.82, 2.24) is 24.3 Å². The van der Waals surface area contributed by atoms with E-state index in [2.05, 4.69) is 34.3 Å². The van der Waals surface area contributed by atoms with Crippen molar-refractivity contribution in [3.8, 4) is 6.07 Å². The van der Waals surface area contributed by atoms with Crippen molar-refractivity contribution >= 4 is 71.3 Å². The molecule has 3 atom stereocenters. The third-order valence-corrected chi connectivity index (χ3v) is 12.3. The molecule has 1 unspecified atom stereocenters. The van der Waals surface area contributed by atoms with Crippen molar-refractivity contribution in [3.05, 3.63) is 58.6 Å². The van der Waals surface area contributed by atoms with Gasteiger partial charge in [-0.3, -0.25) is 34.3 Å². The quantitative estimate of drug-likeness (QED) is 0.167. The van der Waals surface area contributed by atoms with Gasteiger partial charge >= 0.3 is 6.03 Å². The largest absolute Gasteiger partial charge is 0.377 e. The van der Waals surface area contributed by atoms with E-state index < -0.39 is 5.54 Å². The zero-order valence-corrected chi connectivity index (χ0v) is 34.0. The summed E-state index contributed by atoms with van der Waals surface area (Å²) in [6.07, 6.45) is 3.97. The van der Waals surface area contributed by atoms with Crippen LogP contribution in [-0.4, -0.2) is 111 Å². The van der Waals surface area contributed by atoms with E-state index in [1.54, 1.807) is 49.1 Å². The number of imide groups is 2. The Kier molecular flexibility index (Phi) is 13.9. The summed E-state index contributed by atoms with van der Waals surface area (Å²) >= 11 is 7.23. The number of carbonyl (C=O) groups excluding carboxylic acids is 5. The predicted octanol–water partition coefficient (Wildman–Crippen LogP) is 5.56. The molecule has 1 saturated carbocycles. The van der Waals surface area contributed by atoms with Crippen LogP contribution in [0.3, 0.4) is 0 Å². The van der Waals surface area contributed by atoms with Gasteiger partial charge in [0, 0.05) is 54.8 Å². The number of rotatable bonds is 11. The molecular formula is C39H49Cl2N7O6S. The first-order chi connectivity index (χ1) is 25.7. The number of amides is 6. The number of nitriles is 1. The second-order valence-electron chi connectivity index (χ2n) is 15.3. The lowest BCUT2D eigenvalue weighted by Crippen LogP contribution is -2.58. The Morgan fingerprint density at radius 3 is 2.31 bits per heavy atom. The molecule has 13 nitrogen and oxygen atoms in total. The molecule has 55 heavy (non-hydrogen) atoms. The normalized spacial score (nSPS) is 26.0. The summed E-state index contributed by atoms with van der Waals surface area (Å²) in [5, 5.41) is 14.8. The highest BCUT2D eigenvalue weighted by atomic mass is 35.5. The molecule has 296 valence electrons. The topological polar surface area (TPSA) is 155 Å². The molecule has 3 aliphatic heterocycles. The molecular weight excluding hydrogens is 765 g/mol. The number of benzene rings is 2. The summed E-state index contributed by atoms with van der Waals surface area (Å²) in [5.74, 6) is -1.26. The number of nitrogens with one attached hydrogen (secondary N) is 2. The molecule has 0 bridgehead atoms. The Labute approximate surface area is 337 Å². The van der Waals surface area contributed by atoms with E-state index in [9.17, 15) is 29.2 Å². The minimum absolute atomic E-state index is 0. The molecule has 0 aromatic heterocycles. The van der Waals surface area contributed by atoms with Gasteiger partial charge in [-0.05, 0) is 108 Å². The summed E-state index contributed by atoms with van der Waals surface area (Å²) in [6.45, 7) is 11.1. The van der Waals surface area contributed by atoms with E-state index in [1.807, 2.05) is 18.2 Å². The summed E-state index contributed by atoms with van der Waals surface area (Å²) in [4.78, 5) is 70.7. The number of anilines is 1. The van der Waals surface area contributed by atoms with Gasteiger partial charge in [0.15, 0.2) is 0 Å². The Balaban J connectivity index is 0.00000580.